The average molecular weight is 226 g/mol. The summed E-state index contributed by atoms with van der Waals surface area (Å²) in [5.41, 5.74) is 2.83. The summed E-state index contributed by atoms with van der Waals surface area (Å²) in [5, 5.41) is 0. The van der Waals surface area contributed by atoms with Crippen LogP contribution in [0.1, 0.15) is 24.4 Å². The summed E-state index contributed by atoms with van der Waals surface area (Å²) in [5.74, 6) is 0. The number of anilines is 1. The number of benzene rings is 1. The van der Waals surface area contributed by atoms with Crippen LogP contribution in [0, 0.1) is 0 Å². The highest BCUT2D eigenvalue weighted by Gasteiger charge is 2.21. The van der Waals surface area contributed by atoms with Gasteiger partial charge in [-0.15, -0.1) is 0 Å². The van der Waals surface area contributed by atoms with Crippen LogP contribution in [0.4, 0.5) is 5.69 Å². The van der Waals surface area contributed by atoms with Gasteiger partial charge in [-0.05, 0) is 36.6 Å². The Labute approximate surface area is 102 Å². The molecule has 17 heavy (non-hydrogen) atoms. The summed E-state index contributed by atoms with van der Waals surface area (Å²) >= 11 is 0. The molecule has 3 rings (SSSR count). The fourth-order valence-corrected chi connectivity index (χ4v) is 2.78. The summed E-state index contributed by atoms with van der Waals surface area (Å²) < 4.78 is 2.33. The molecule has 1 aliphatic heterocycles. The van der Waals surface area contributed by atoms with Crippen molar-refractivity contribution in [2.45, 2.75) is 18.9 Å². The second kappa shape index (κ2) is 4.28. The van der Waals surface area contributed by atoms with Gasteiger partial charge in [0.05, 0.1) is 6.04 Å². The van der Waals surface area contributed by atoms with Gasteiger partial charge in [0.1, 0.15) is 0 Å². The Morgan fingerprint density at radius 3 is 2.65 bits per heavy atom. The highest BCUT2D eigenvalue weighted by Crippen LogP contribution is 2.34. The van der Waals surface area contributed by atoms with Crippen molar-refractivity contribution < 1.29 is 0 Å². The number of hydrogen-bond acceptors (Lipinski definition) is 1. The first-order valence-electron chi connectivity index (χ1n) is 6.29. The maximum atomic E-state index is 2.37. The Morgan fingerprint density at radius 1 is 1.06 bits per heavy atom. The van der Waals surface area contributed by atoms with E-state index in [-0.39, 0.29) is 0 Å². The summed E-state index contributed by atoms with van der Waals surface area (Å²) in [6, 6.07) is 13.5. The van der Waals surface area contributed by atoms with Crippen LogP contribution >= 0.6 is 0 Å². The number of fused-ring (bicyclic) bond motifs is 1. The lowest BCUT2D eigenvalue weighted by Gasteiger charge is -2.22. The molecule has 1 aromatic carbocycles. The molecule has 1 aromatic heterocycles. The molecular weight excluding hydrogens is 208 g/mol. The van der Waals surface area contributed by atoms with E-state index < -0.39 is 0 Å². The molecule has 0 spiro atoms. The van der Waals surface area contributed by atoms with Gasteiger partial charge in [-0.25, -0.2) is 0 Å². The van der Waals surface area contributed by atoms with Gasteiger partial charge in [-0.3, -0.25) is 0 Å². The lowest BCUT2D eigenvalue weighted by Crippen LogP contribution is -2.17. The third-order valence-corrected chi connectivity index (χ3v) is 3.67. The van der Waals surface area contributed by atoms with Crippen LogP contribution in [0.25, 0.3) is 0 Å². The maximum Gasteiger partial charge on any atom is 0.0601 e. The van der Waals surface area contributed by atoms with Crippen LogP contribution in [0.15, 0.2) is 48.8 Å². The van der Waals surface area contributed by atoms with Crippen LogP contribution in [0.3, 0.4) is 0 Å². The Balaban J connectivity index is 2.09. The zero-order valence-corrected chi connectivity index (χ0v) is 10.2. The zero-order chi connectivity index (χ0) is 11.7. The molecule has 2 heterocycles. The molecule has 0 N–H and O–H groups in total. The van der Waals surface area contributed by atoms with Crippen molar-refractivity contribution in [2.75, 3.05) is 18.5 Å². The van der Waals surface area contributed by atoms with Gasteiger partial charge in [0.15, 0.2) is 0 Å². The molecule has 88 valence electrons. The molecule has 2 heteroatoms. The molecule has 1 atom stereocenters. The smallest absolute Gasteiger partial charge is 0.0601 e. The largest absolute Gasteiger partial charge is 0.374 e. The monoisotopic (exact) mass is 226 g/mol. The summed E-state index contributed by atoms with van der Waals surface area (Å²) in [6.07, 6.45) is 6.81. The van der Waals surface area contributed by atoms with Crippen LogP contribution in [-0.4, -0.2) is 18.2 Å². The summed E-state index contributed by atoms with van der Waals surface area (Å²) in [4.78, 5) is 2.37. The fourth-order valence-electron chi connectivity index (χ4n) is 2.78. The molecule has 2 aromatic rings. The Morgan fingerprint density at radius 2 is 1.82 bits per heavy atom. The lowest BCUT2D eigenvalue weighted by atomic mass is 10.0. The number of para-hydroxylation sites is 1. The van der Waals surface area contributed by atoms with Gasteiger partial charge >= 0.3 is 0 Å². The minimum atomic E-state index is 0.492. The zero-order valence-electron chi connectivity index (χ0n) is 10.2. The minimum absolute atomic E-state index is 0.492. The number of rotatable bonds is 1. The Bertz CT molecular complexity index is 487. The maximum absolute atomic E-state index is 2.37. The van der Waals surface area contributed by atoms with Crippen molar-refractivity contribution >= 4 is 5.69 Å². The van der Waals surface area contributed by atoms with E-state index in [0.29, 0.717) is 6.04 Å². The van der Waals surface area contributed by atoms with E-state index in [1.165, 1.54) is 24.1 Å². The first-order valence-corrected chi connectivity index (χ1v) is 6.29. The minimum Gasteiger partial charge on any atom is -0.374 e. The van der Waals surface area contributed by atoms with E-state index >= 15 is 0 Å². The highest BCUT2D eigenvalue weighted by atomic mass is 15.1. The number of hydrogen-bond donors (Lipinski definition) is 0. The second-order valence-electron chi connectivity index (χ2n) is 4.77. The first kappa shape index (κ1) is 10.5. The normalized spacial score (nSPS) is 19.8. The highest BCUT2D eigenvalue weighted by molar-refractivity contribution is 5.55. The summed E-state index contributed by atoms with van der Waals surface area (Å²) in [7, 11) is 2.19. The SMILES string of the molecule is CN1CCCC(n2cccc2)c2ccccc21. The molecule has 0 amide bonds. The molecule has 0 radical (unpaired) electrons. The molecule has 1 unspecified atom stereocenters. The van der Waals surface area contributed by atoms with Crippen molar-refractivity contribution in [2.24, 2.45) is 0 Å². The van der Waals surface area contributed by atoms with Crippen LogP contribution in [0.2, 0.25) is 0 Å². The molecular formula is C15H18N2. The van der Waals surface area contributed by atoms with Crippen molar-refractivity contribution in [1.82, 2.24) is 4.57 Å². The molecule has 0 bridgehead atoms. The van der Waals surface area contributed by atoms with E-state index in [1.54, 1.807) is 0 Å². The molecule has 0 saturated heterocycles. The van der Waals surface area contributed by atoms with Gasteiger partial charge < -0.3 is 9.47 Å². The van der Waals surface area contributed by atoms with Crippen LogP contribution in [0.5, 0.6) is 0 Å². The van der Waals surface area contributed by atoms with E-state index in [9.17, 15) is 0 Å². The predicted octanol–water partition coefficient (Wildman–Crippen LogP) is 3.31. The standard InChI is InChI=1S/C15H18N2/c1-16-10-6-9-15(17-11-4-5-12-17)13-7-2-3-8-14(13)16/h2-5,7-8,11-12,15H,6,9-10H2,1H3. The van der Waals surface area contributed by atoms with Crippen molar-refractivity contribution in [3.8, 4) is 0 Å². The molecule has 0 fully saturated rings. The van der Waals surface area contributed by atoms with E-state index in [0.717, 1.165) is 6.54 Å². The lowest BCUT2D eigenvalue weighted by molar-refractivity contribution is 0.537. The number of nitrogens with zero attached hydrogens (tertiary/aromatic N) is 2. The van der Waals surface area contributed by atoms with Gasteiger partial charge in [-0.1, -0.05) is 18.2 Å². The second-order valence-corrected chi connectivity index (χ2v) is 4.77. The molecule has 0 aliphatic carbocycles. The first-order chi connectivity index (χ1) is 8.36. The van der Waals surface area contributed by atoms with E-state index in [4.69, 9.17) is 0 Å². The third-order valence-electron chi connectivity index (χ3n) is 3.67. The molecule has 1 aliphatic rings. The quantitative estimate of drug-likeness (QED) is 0.724. The fraction of sp³-hybridized carbons (Fsp3) is 0.333. The third kappa shape index (κ3) is 1.84. The van der Waals surface area contributed by atoms with Crippen LogP contribution < -0.4 is 4.90 Å². The summed E-state index contributed by atoms with van der Waals surface area (Å²) in [6.45, 7) is 1.15. The topological polar surface area (TPSA) is 8.17 Å². The van der Waals surface area contributed by atoms with Gasteiger partial charge in [0, 0.05) is 31.7 Å². The van der Waals surface area contributed by atoms with Crippen LogP contribution in [-0.2, 0) is 0 Å². The van der Waals surface area contributed by atoms with E-state index in [1.807, 2.05) is 0 Å². The average Bonchev–Trinajstić information content (AvgIpc) is 2.83. The van der Waals surface area contributed by atoms with Crippen molar-refractivity contribution in [3.05, 3.63) is 54.4 Å². The number of aromatic nitrogens is 1. The molecule has 2 nitrogen and oxygen atoms in total. The Kier molecular flexibility index (Phi) is 2.63. The van der Waals surface area contributed by atoms with Gasteiger partial charge in [0.25, 0.3) is 0 Å². The predicted molar refractivity (Wildman–Crippen MR) is 71.5 cm³/mol. The van der Waals surface area contributed by atoms with Crippen molar-refractivity contribution in [3.63, 3.8) is 0 Å². The van der Waals surface area contributed by atoms with Crippen molar-refractivity contribution in [1.29, 1.82) is 0 Å². The van der Waals surface area contributed by atoms with Gasteiger partial charge in [0.2, 0.25) is 0 Å². The Hall–Kier alpha value is -1.70. The van der Waals surface area contributed by atoms with Gasteiger partial charge in [-0.2, -0.15) is 0 Å². The molecule has 0 saturated carbocycles. The van der Waals surface area contributed by atoms with E-state index in [2.05, 4.69) is 65.3 Å².